The van der Waals surface area contributed by atoms with E-state index in [1.54, 1.807) is 11.3 Å². The molecule has 0 aromatic carbocycles. The van der Waals surface area contributed by atoms with Crippen LogP contribution in [0.3, 0.4) is 0 Å². The van der Waals surface area contributed by atoms with Gasteiger partial charge in [-0.25, -0.2) is 0 Å². The summed E-state index contributed by atoms with van der Waals surface area (Å²) in [5.74, 6) is -0.318. The van der Waals surface area contributed by atoms with Crippen LogP contribution in [0.25, 0.3) is 10.7 Å². The van der Waals surface area contributed by atoms with Crippen molar-refractivity contribution in [3.8, 4) is 10.7 Å². The first kappa shape index (κ1) is 19.5. The zero-order valence-corrected chi connectivity index (χ0v) is 16.0. The van der Waals surface area contributed by atoms with Crippen molar-refractivity contribution in [2.45, 2.75) is 63.8 Å². The van der Waals surface area contributed by atoms with Crippen molar-refractivity contribution >= 4 is 23.2 Å². The number of hydrogen-bond acceptors (Lipinski definition) is 6. The summed E-state index contributed by atoms with van der Waals surface area (Å²) in [6, 6.07) is 3.59. The zero-order valence-electron chi connectivity index (χ0n) is 15.2. The van der Waals surface area contributed by atoms with Gasteiger partial charge in [0.25, 0.3) is 0 Å². The summed E-state index contributed by atoms with van der Waals surface area (Å²) in [5, 5.41) is 18.3. The molecule has 1 amide bonds. The van der Waals surface area contributed by atoms with Crippen LogP contribution in [-0.2, 0) is 16.0 Å². The Bertz CT molecular complexity index is 744. The number of carboxylic acids is 1. The third kappa shape index (κ3) is 5.63. The standard InChI is InChI=1S/C19H25N3O4S/c23-16(20-14-8-4-2-1-3-7-13(14)19(24)25)10-5-11-17-21-18(22-26-17)15-9-6-12-27-15/h6,9,12-14H,1-5,7-8,10-11H2,(H,20,23)(H,24,25). The Hall–Kier alpha value is -2.22. The summed E-state index contributed by atoms with van der Waals surface area (Å²) in [5.41, 5.74) is 0. The van der Waals surface area contributed by atoms with Crippen LogP contribution in [0.4, 0.5) is 0 Å². The minimum absolute atomic E-state index is 0.107. The lowest BCUT2D eigenvalue weighted by Gasteiger charge is -2.27. The number of aromatic nitrogens is 2. The van der Waals surface area contributed by atoms with Gasteiger partial charge in [-0.05, 0) is 30.7 Å². The van der Waals surface area contributed by atoms with Gasteiger partial charge in [0.05, 0.1) is 10.8 Å². The second kappa shape index (κ2) is 9.64. The van der Waals surface area contributed by atoms with Crippen LogP contribution < -0.4 is 5.32 Å². The lowest BCUT2D eigenvalue weighted by molar-refractivity contribution is -0.143. The molecule has 2 aromatic rings. The van der Waals surface area contributed by atoms with Crippen LogP contribution in [0.15, 0.2) is 22.0 Å². The van der Waals surface area contributed by atoms with E-state index in [0.717, 1.165) is 37.0 Å². The van der Waals surface area contributed by atoms with Gasteiger partial charge in [-0.1, -0.05) is 36.9 Å². The molecule has 0 bridgehead atoms. The summed E-state index contributed by atoms with van der Waals surface area (Å²) >= 11 is 1.55. The van der Waals surface area contributed by atoms with Gasteiger partial charge in [-0.3, -0.25) is 9.59 Å². The average molecular weight is 391 g/mol. The molecule has 1 aliphatic rings. The van der Waals surface area contributed by atoms with Gasteiger partial charge in [-0.15, -0.1) is 11.3 Å². The second-order valence-electron chi connectivity index (χ2n) is 6.95. The first-order chi connectivity index (χ1) is 13.1. The molecule has 1 saturated carbocycles. The maximum atomic E-state index is 12.3. The van der Waals surface area contributed by atoms with Gasteiger partial charge >= 0.3 is 5.97 Å². The highest BCUT2D eigenvalue weighted by Crippen LogP contribution is 2.24. The quantitative estimate of drug-likeness (QED) is 0.746. The molecule has 2 N–H and O–H groups in total. The molecule has 7 nitrogen and oxygen atoms in total. The van der Waals surface area contributed by atoms with E-state index in [0.29, 0.717) is 37.4 Å². The Morgan fingerprint density at radius 2 is 2.07 bits per heavy atom. The molecule has 0 spiro atoms. The van der Waals surface area contributed by atoms with E-state index in [9.17, 15) is 14.7 Å². The van der Waals surface area contributed by atoms with Crippen LogP contribution in [0.5, 0.6) is 0 Å². The molecule has 2 unspecified atom stereocenters. The Morgan fingerprint density at radius 1 is 1.26 bits per heavy atom. The summed E-state index contributed by atoms with van der Waals surface area (Å²) in [7, 11) is 0. The minimum Gasteiger partial charge on any atom is -0.481 e. The highest BCUT2D eigenvalue weighted by molar-refractivity contribution is 7.13. The molecular formula is C19H25N3O4S. The Kier molecular flexibility index (Phi) is 6.98. The van der Waals surface area contributed by atoms with Crippen LogP contribution in [-0.4, -0.2) is 33.2 Å². The molecule has 146 valence electrons. The molecule has 0 aliphatic heterocycles. The highest BCUT2D eigenvalue weighted by Gasteiger charge is 2.29. The van der Waals surface area contributed by atoms with E-state index >= 15 is 0 Å². The number of aryl methyl sites for hydroxylation is 1. The SMILES string of the molecule is O=C(CCCc1nc(-c2cccs2)no1)NC1CCCCCCC1C(=O)O. The van der Waals surface area contributed by atoms with Gasteiger partial charge in [0.15, 0.2) is 0 Å². The molecule has 0 saturated heterocycles. The van der Waals surface area contributed by atoms with E-state index in [2.05, 4.69) is 15.5 Å². The van der Waals surface area contributed by atoms with Crippen molar-refractivity contribution in [3.63, 3.8) is 0 Å². The number of carbonyl (C=O) groups excluding carboxylic acids is 1. The molecular weight excluding hydrogens is 366 g/mol. The first-order valence-electron chi connectivity index (χ1n) is 9.52. The van der Waals surface area contributed by atoms with Crippen molar-refractivity contribution in [1.29, 1.82) is 0 Å². The van der Waals surface area contributed by atoms with E-state index < -0.39 is 11.9 Å². The predicted molar refractivity (Wildman–Crippen MR) is 101 cm³/mol. The van der Waals surface area contributed by atoms with Crippen molar-refractivity contribution in [2.24, 2.45) is 5.92 Å². The van der Waals surface area contributed by atoms with Gasteiger partial charge in [-0.2, -0.15) is 4.98 Å². The summed E-state index contributed by atoms with van der Waals surface area (Å²) < 4.78 is 5.24. The second-order valence-corrected chi connectivity index (χ2v) is 7.90. The molecule has 0 radical (unpaired) electrons. The summed E-state index contributed by atoms with van der Waals surface area (Å²) in [4.78, 5) is 29.1. The largest absolute Gasteiger partial charge is 0.481 e. The fourth-order valence-corrected chi connectivity index (χ4v) is 4.14. The lowest BCUT2D eigenvalue weighted by Crippen LogP contribution is -2.43. The topological polar surface area (TPSA) is 105 Å². The van der Waals surface area contributed by atoms with E-state index in [-0.39, 0.29) is 11.9 Å². The number of hydrogen-bond donors (Lipinski definition) is 2. The van der Waals surface area contributed by atoms with Gasteiger partial charge in [0.1, 0.15) is 0 Å². The monoisotopic (exact) mass is 391 g/mol. The molecule has 1 aliphatic carbocycles. The zero-order chi connectivity index (χ0) is 19.1. The summed E-state index contributed by atoms with van der Waals surface area (Å²) in [6.07, 6.45) is 6.84. The number of amides is 1. The first-order valence-corrected chi connectivity index (χ1v) is 10.4. The van der Waals surface area contributed by atoms with Crippen LogP contribution in [0.2, 0.25) is 0 Å². The third-order valence-corrected chi connectivity index (χ3v) is 5.80. The lowest BCUT2D eigenvalue weighted by atomic mass is 9.86. The molecule has 1 fully saturated rings. The number of nitrogens with zero attached hydrogens (tertiary/aromatic N) is 2. The molecule has 3 rings (SSSR count). The molecule has 2 atom stereocenters. The Labute approximate surface area is 162 Å². The smallest absolute Gasteiger partial charge is 0.308 e. The number of thiophene rings is 1. The number of rotatable bonds is 7. The minimum atomic E-state index is -0.811. The molecule has 27 heavy (non-hydrogen) atoms. The molecule has 2 aromatic heterocycles. The van der Waals surface area contributed by atoms with Crippen molar-refractivity contribution in [3.05, 3.63) is 23.4 Å². The third-order valence-electron chi connectivity index (χ3n) is 4.93. The maximum absolute atomic E-state index is 12.3. The predicted octanol–water partition coefficient (Wildman–Crippen LogP) is 3.66. The van der Waals surface area contributed by atoms with Gasteiger partial charge in [0, 0.05) is 18.9 Å². The normalized spacial score (nSPS) is 20.6. The number of carbonyl (C=O) groups is 2. The number of aliphatic carboxylic acids is 1. The highest BCUT2D eigenvalue weighted by atomic mass is 32.1. The molecule has 2 heterocycles. The van der Waals surface area contributed by atoms with Crippen molar-refractivity contribution in [1.82, 2.24) is 15.5 Å². The fourth-order valence-electron chi connectivity index (χ4n) is 3.49. The van der Waals surface area contributed by atoms with Gasteiger partial charge < -0.3 is 14.9 Å². The maximum Gasteiger partial charge on any atom is 0.308 e. The summed E-state index contributed by atoms with van der Waals surface area (Å²) in [6.45, 7) is 0. The number of nitrogens with one attached hydrogen (secondary N) is 1. The van der Waals surface area contributed by atoms with Gasteiger partial charge in [0.2, 0.25) is 17.6 Å². The van der Waals surface area contributed by atoms with E-state index in [4.69, 9.17) is 4.52 Å². The number of carboxylic acid groups (broad SMARTS) is 1. The molecule has 8 heteroatoms. The van der Waals surface area contributed by atoms with E-state index in [1.165, 1.54) is 0 Å². The Morgan fingerprint density at radius 3 is 2.81 bits per heavy atom. The van der Waals surface area contributed by atoms with Crippen LogP contribution in [0.1, 0.15) is 57.3 Å². The van der Waals surface area contributed by atoms with Crippen LogP contribution in [0, 0.1) is 5.92 Å². The van der Waals surface area contributed by atoms with E-state index in [1.807, 2.05) is 17.5 Å². The van der Waals surface area contributed by atoms with Crippen LogP contribution >= 0.6 is 11.3 Å². The fraction of sp³-hybridized carbons (Fsp3) is 0.579. The van der Waals surface area contributed by atoms with Crippen molar-refractivity contribution in [2.75, 3.05) is 0 Å². The average Bonchev–Trinajstić information content (AvgIpc) is 3.28. The Balaban J connectivity index is 1.46. The van der Waals surface area contributed by atoms with Crippen molar-refractivity contribution < 1.29 is 19.2 Å².